The van der Waals surface area contributed by atoms with E-state index < -0.39 is 16.4 Å². The quantitative estimate of drug-likeness (QED) is 0.341. The second-order valence-electron chi connectivity index (χ2n) is 2.07. The third-order valence-electron chi connectivity index (χ3n) is 1.35. The molecule has 0 aliphatic carbocycles. The number of para-hydroxylation sites is 1. The Morgan fingerprint density at radius 1 is 1.58 bits per heavy atom. The van der Waals surface area contributed by atoms with Gasteiger partial charge >= 0.3 is 5.69 Å². The average Bonchev–Trinajstić information content (AvgIpc) is 2.03. The van der Waals surface area contributed by atoms with E-state index >= 15 is 0 Å². The maximum atomic E-state index is 10.4. The van der Waals surface area contributed by atoms with Crippen LogP contribution in [0.2, 0.25) is 0 Å². The summed E-state index contributed by atoms with van der Waals surface area (Å²) in [6.07, 6.45) is 0. The summed E-state index contributed by atoms with van der Waals surface area (Å²) in [6.45, 7) is 0. The molecule has 0 radical (unpaired) electrons. The third kappa shape index (κ3) is 1.28. The fourth-order valence-corrected chi connectivity index (χ4v) is 0.840. The first-order chi connectivity index (χ1) is 5.66. The number of nitro benzene ring substituents is 1. The number of rotatable bonds is 2. The monoisotopic (exact) mass is 169 g/mol. The summed E-state index contributed by atoms with van der Waals surface area (Å²) in [5.74, 6) is 4.58. The number of aromatic hydroxyl groups is 1. The molecule has 1 rings (SSSR count). The zero-order chi connectivity index (χ0) is 9.14. The molecule has 0 aromatic heterocycles. The van der Waals surface area contributed by atoms with E-state index in [0.29, 0.717) is 0 Å². The van der Waals surface area contributed by atoms with Gasteiger partial charge in [0.2, 0.25) is 0 Å². The lowest BCUT2D eigenvalue weighted by Gasteiger charge is -2.01. The summed E-state index contributed by atoms with van der Waals surface area (Å²) in [5.41, 5.74) is 1.78. The summed E-state index contributed by atoms with van der Waals surface area (Å²) in [5, 5.41) is 19.4. The standard InChI is InChI=1S/C6H7N3O3/c7-8-4-2-1-3-5(10)6(4)9(11)12/h1-3,8,10H,7H2. The van der Waals surface area contributed by atoms with Gasteiger partial charge < -0.3 is 10.5 Å². The summed E-state index contributed by atoms with van der Waals surface area (Å²) in [7, 11) is 0. The van der Waals surface area contributed by atoms with E-state index in [1.165, 1.54) is 18.2 Å². The van der Waals surface area contributed by atoms with Gasteiger partial charge in [0.1, 0.15) is 5.69 Å². The number of nitrogens with two attached hydrogens (primary N) is 1. The Balaban J connectivity index is 3.29. The number of hydrazine groups is 1. The number of hydrogen-bond acceptors (Lipinski definition) is 5. The van der Waals surface area contributed by atoms with Gasteiger partial charge in [-0.25, -0.2) is 0 Å². The molecule has 0 amide bonds. The molecule has 0 atom stereocenters. The summed E-state index contributed by atoms with van der Waals surface area (Å²) in [4.78, 5) is 9.65. The maximum Gasteiger partial charge on any atom is 0.334 e. The van der Waals surface area contributed by atoms with Crippen molar-refractivity contribution in [2.24, 2.45) is 5.84 Å². The van der Waals surface area contributed by atoms with E-state index in [-0.39, 0.29) is 5.69 Å². The second kappa shape index (κ2) is 3.05. The Labute approximate surface area is 67.7 Å². The van der Waals surface area contributed by atoms with Crippen LogP contribution in [0, 0.1) is 10.1 Å². The van der Waals surface area contributed by atoms with E-state index in [0.717, 1.165) is 0 Å². The number of anilines is 1. The molecule has 0 saturated heterocycles. The topological polar surface area (TPSA) is 101 Å². The molecule has 0 fully saturated rings. The molecule has 6 nitrogen and oxygen atoms in total. The molecule has 1 aromatic carbocycles. The van der Waals surface area contributed by atoms with E-state index in [2.05, 4.69) is 5.43 Å². The molecule has 0 aliphatic heterocycles. The molecular weight excluding hydrogens is 162 g/mol. The second-order valence-corrected chi connectivity index (χ2v) is 2.07. The van der Waals surface area contributed by atoms with Gasteiger partial charge in [-0.1, -0.05) is 6.07 Å². The minimum atomic E-state index is -0.704. The SMILES string of the molecule is NNc1cccc(O)c1[N+](=O)[O-]. The normalized spacial score (nSPS) is 9.42. The number of hydrogen-bond donors (Lipinski definition) is 3. The first-order valence-corrected chi connectivity index (χ1v) is 3.10. The van der Waals surface area contributed by atoms with Crippen molar-refractivity contribution in [2.45, 2.75) is 0 Å². The molecule has 0 bridgehead atoms. The van der Waals surface area contributed by atoms with E-state index in [9.17, 15) is 10.1 Å². The number of nitrogen functional groups attached to an aromatic ring is 1. The van der Waals surface area contributed by atoms with Crippen LogP contribution in [-0.2, 0) is 0 Å². The first kappa shape index (κ1) is 8.28. The van der Waals surface area contributed by atoms with Crippen LogP contribution >= 0.6 is 0 Å². The molecule has 6 heteroatoms. The number of phenolic OH excluding ortho intramolecular Hbond substituents is 1. The lowest BCUT2D eigenvalue weighted by Crippen LogP contribution is -2.08. The largest absolute Gasteiger partial charge is 0.502 e. The molecule has 12 heavy (non-hydrogen) atoms. The summed E-state index contributed by atoms with van der Waals surface area (Å²) >= 11 is 0. The Hall–Kier alpha value is -1.82. The van der Waals surface area contributed by atoms with Crippen LogP contribution in [-0.4, -0.2) is 10.0 Å². The number of nitrogens with zero attached hydrogens (tertiary/aromatic N) is 1. The van der Waals surface area contributed by atoms with Crippen molar-refractivity contribution in [1.29, 1.82) is 0 Å². The molecule has 64 valence electrons. The minimum absolute atomic E-state index is 0.0833. The maximum absolute atomic E-state index is 10.4. The Morgan fingerprint density at radius 2 is 2.25 bits per heavy atom. The number of nitro groups is 1. The smallest absolute Gasteiger partial charge is 0.334 e. The van der Waals surface area contributed by atoms with Crippen molar-refractivity contribution in [3.05, 3.63) is 28.3 Å². The van der Waals surface area contributed by atoms with E-state index in [1.54, 1.807) is 0 Å². The van der Waals surface area contributed by atoms with Gasteiger partial charge in [-0.15, -0.1) is 0 Å². The zero-order valence-corrected chi connectivity index (χ0v) is 6.02. The highest BCUT2D eigenvalue weighted by molar-refractivity contribution is 5.67. The highest BCUT2D eigenvalue weighted by Gasteiger charge is 2.17. The molecule has 0 spiro atoms. The van der Waals surface area contributed by atoms with E-state index in [1.807, 2.05) is 0 Å². The molecular formula is C6H7N3O3. The molecule has 0 unspecified atom stereocenters. The van der Waals surface area contributed by atoms with Gasteiger partial charge in [0, 0.05) is 0 Å². The summed E-state index contributed by atoms with van der Waals surface area (Å²) in [6, 6.07) is 4.08. The molecule has 0 aliphatic rings. The van der Waals surface area contributed by atoms with Crippen LogP contribution in [0.1, 0.15) is 0 Å². The number of phenols is 1. The van der Waals surface area contributed by atoms with Gasteiger partial charge in [-0.3, -0.25) is 16.0 Å². The summed E-state index contributed by atoms with van der Waals surface area (Å²) < 4.78 is 0. The van der Waals surface area contributed by atoms with Crippen LogP contribution in [0.15, 0.2) is 18.2 Å². The lowest BCUT2D eigenvalue weighted by molar-refractivity contribution is -0.384. The highest BCUT2D eigenvalue weighted by Crippen LogP contribution is 2.32. The first-order valence-electron chi connectivity index (χ1n) is 3.10. The lowest BCUT2D eigenvalue weighted by atomic mass is 10.2. The van der Waals surface area contributed by atoms with Crippen molar-refractivity contribution in [1.82, 2.24) is 0 Å². The van der Waals surface area contributed by atoms with Crippen molar-refractivity contribution in [2.75, 3.05) is 5.43 Å². The minimum Gasteiger partial charge on any atom is -0.502 e. The predicted octanol–water partition coefficient (Wildman–Crippen LogP) is 0.586. The fourth-order valence-electron chi connectivity index (χ4n) is 0.840. The van der Waals surface area contributed by atoms with Crippen LogP contribution in [0.4, 0.5) is 11.4 Å². The molecule has 4 N–H and O–H groups in total. The molecule has 0 saturated carbocycles. The van der Waals surface area contributed by atoms with Gasteiger partial charge in [0.15, 0.2) is 5.75 Å². The van der Waals surface area contributed by atoms with Crippen molar-refractivity contribution >= 4 is 11.4 Å². The van der Waals surface area contributed by atoms with Crippen molar-refractivity contribution < 1.29 is 10.0 Å². The average molecular weight is 169 g/mol. The zero-order valence-electron chi connectivity index (χ0n) is 6.02. The van der Waals surface area contributed by atoms with Crippen molar-refractivity contribution in [3.63, 3.8) is 0 Å². The fraction of sp³-hybridized carbons (Fsp3) is 0. The molecule has 0 heterocycles. The van der Waals surface area contributed by atoms with Gasteiger partial charge in [0.05, 0.1) is 4.92 Å². The van der Waals surface area contributed by atoms with Crippen LogP contribution in [0.5, 0.6) is 5.75 Å². The number of nitrogens with one attached hydrogen (secondary N) is 1. The van der Waals surface area contributed by atoms with Crippen LogP contribution in [0.25, 0.3) is 0 Å². The Morgan fingerprint density at radius 3 is 2.67 bits per heavy atom. The van der Waals surface area contributed by atoms with Gasteiger partial charge in [0.25, 0.3) is 0 Å². The predicted molar refractivity (Wildman–Crippen MR) is 42.6 cm³/mol. The van der Waals surface area contributed by atoms with Crippen LogP contribution in [0.3, 0.4) is 0 Å². The van der Waals surface area contributed by atoms with Crippen molar-refractivity contribution in [3.8, 4) is 5.75 Å². The third-order valence-corrected chi connectivity index (χ3v) is 1.35. The Kier molecular flexibility index (Phi) is 2.11. The highest BCUT2D eigenvalue weighted by atomic mass is 16.6. The molecule has 1 aromatic rings. The van der Waals surface area contributed by atoms with E-state index in [4.69, 9.17) is 10.9 Å². The Bertz CT molecular complexity index is 313. The van der Waals surface area contributed by atoms with Gasteiger partial charge in [-0.05, 0) is 12.1 Å². The number of benzene rings is 1. The van der Waals surface area contributed by atoms with Crippen LogP contribution < -0.4 is 11.3 Å². The van der Waals surface area contributed by atoms with Gasteiger partial charge in [-0.2, -0.15) is 0 Å².